The lowest BCUT2D eigenvalue weighted by Gasteiger charge is -2.09. The zero-order valence-electron chi connectivity index (χ0n) is 7.83. The monoisotopic (exact) mass is 263 g/mol. The first-order valence-corrected chi connectivity index (χ1v) is 4.85. The first-order valence-electron chi connectivity index (χ1n) is 4.10. The second-order valence-electron chi connectivity index (χ2n) is 2.86. The van der Waals surface area contributed by atoms with E-state index in [0.717, 1.165) is 6.07 Å². The maximum atomic E-state index is 10.8. The molecule has 0 fully saturated rings. The van der Waals surface area contributed by atoms with Crippen molar-refractivity contribution in [3.63, 3.8) is 0 Å². The predicted molar refractivity (Wildman–Crippen MR) is 59.5 cm³/mol. The summed E-state index contributed by atoms with van der Waals surface area (Å²) in [6.45, 7) is -0.405. The number of carboxylic acid groups (broad SMARTS) is 2. The minimum Gasteiger partial charge on any atom is -0.480 e. The van der Waals surface area contributed by atoms with Crippen LogP contribution in [0.15, 0.2) is 12.1 Å². The summed E-state index contributed by atoms with van der Waals surface area (Å²) in [4.78, 5) is 21.2. The highest BCUT2D eigenvalue weighted by atomic mass is 35.5. The molecule has 0 spiro atoms. The number of aliphatic carboxylic acids is 1. The molecule has 0 aliphatic heterocycles. The Hall–Kier alpha value is -1.46. The van der Waals surface area contributed by atoms with Gasteiger partial charge in [0, 0.05) is 0 Å². The van der Waals surface area contributed by atoms with Crippen molar-refractivity contribution in [2.24, 2.45) is 0 Å². The molecule has 7 heteroatoms. The van der Waals surface area contributed by atoms with Crippen molar-refractivity contribution in [1.82, 2.24) is 0 Å². The Morgan fingerprint density at radius 3 is 2.25 bits per heavy atom. The van der Waals surface area contributed by atoms with Crippen molar-refractivity contribution in [3.05, 3.63) is 27.7 Å². The molecule has 0 unspecified atom stereocenters. The van der Waals surface area contributed by atoms with Gasteiger partial charge in [-0.2, -0.15) is 0 Å². The standard InChI is InChI=1S/C9H7Cl2NO4/c10-5-1-4(9(15)16)7(2-6(5)11)12-3-8(13)14/h1-2,12H,3H2,(H,13,14)(H,15,16). The van der Waals surface area contributed by atoms with Crippen molar-refractivity contribution in [1.29, 1.82) is 0 Å². The lowest BCUT2D eigenvalue weighted by molar-refractivity contribution is -0.134. The van der Waals surface area contributed by atoms with Gasteiger partial charge in [-0.3, -0.25) is 4.79 Å². The van der Waals surface area contributed by atoms with E-state index in [1.165, 1.54) is 6.07 Å². The smallest absolute Gasteiger partial charge is 0.337 e. The van der Waals surface area contributed by atoms with E-state index >= 15 is 0 Å². The van der Waals surface area contributed by atoms with Gasteiger partial charge >= 0.3 is 11.9 Å². The van der Waals surface area contributed by atoms with Gasteiger partial charge in [0.15, 0.2) is 0 Å². The number of benzene rings is 1. The number of anilines is 1. The number of carbonyl (C=O) groups is 2. The van der Waals surface area contributed by atoms with Crippen LogP contribution in [0.5, 0.6) is 0 Å². The molecule has 0 aromatic heterocycles. The predicted octanol–water partition coefficient (Wildman–Crippen LogP) is 2.19. The van der Waals surface area contributed by atoms with Gasteiger partial charge in [-0.1, -0.05) is 23.2 Å². The molecule has 0 amide bonds. The quantitative estimate of drug-likeness (QED) is 0.775. The van der Waals surface area contributed by atoms with E-state index in [1.54, 1.807) is 0 Å². The summed E-state index contributed by atoms with van der Waals surface area (Å²) in [6, 6.07) is 2.44. The van der Waals surface area contributed by atoms with Crippen molar-refractivity contribution < 1.29 is 19.8 Å². The molecule has 86 valence electrons. The van der Waals surface area contributed by atoms with Crippen LogP contribution in [0.3, 0.4) is 0 Å². The van der Waals surface area contributed by atoms with Crippen LogP contribution < -0.4 is 5.32 Å². The Bertz CT molecular complexity index is 447. The van der Waals surface area contributed by atoms with E-state index < -0.39 is 18.5 Å². The fraction of sp³-hybridized carbons (Fsp3) is 0.111. The molecule has 0 aliphatic carbocycles. The third kappa shape index (κ3) is 3.01. The van der Waals surface area contributed by atoms with Gasteiger partial charge in [-0.25, -0.2) is 4.79 Å². The summed E-state index contributed by atoms with van der Waals surface area (Å²) in [5.74, 6) is -2.33. The maximum Gasteiger partial charge on any atom is 0.337 e. The van der Waals surface area contributed by atoms with Crippen LogP contribution in [0, 0.1) is 0 Å². The zero-order valence-corrected chi connectivity index (χ0v) is 9.34. The Labute approximate surface area is 101 Å². The highest BCUT2D eigenvalue weighted by Crippen LogP contribution is 2.29. The molecule has 5 nitrogen and oxygen atoms in total. The molecule has 0 heterocycles. The van der Waals surface area contributed by atoms with Crippen LogP contribution >= 0.6 is 23.2 Å². The lowest BCUT2D eigenvalue weighted by Crippen LogP contribution is -2.14. The van der Waals surface area contributed by atoms with E-state index in [1.807, 2.05) is 0 Å². The van der Waals surface area contributed by atoms with Gasteiger partial charge in [0.1, 0.15) is 6.54 Å². The van der Waals surface area contributed by atoms with E-state index in [2.05, 4.69) is 5.32 Å². The second kappa shape index (κ2) is 5.05. The Kier molecular flexibility index (Phi) is 3.98. The van der Waals surface area contributed by atoms with Crippen LogP contribution in [0.4, 0.5) is 5.69 Å². The lowest BCUT2D eigenvalue weighted by atomic mass is 10.2. The highest BCUT2D eigenvalue weighted by Gasteiger charge is 2.13. The number of nitrogens with one attached hydrogen (secondary N) is 1. The summed E-state index contributed by atoms with van der Waals surface area (Å²) < 4.78 is 0. The van der Waals surface area contributed by atoms with Crippen molar-refractivity contribution in [2.45, 2.75) is 0 Å². The normalized spacial score (nSPS) is 9.88. The first kappa shape index (κ1) is 12.6. The number of hydrogen-bond donors (Lipinski definition) is 3. The van der Waals surface area contributed by atoms with Gasteiger partial charge in [0.25, 0.3) is 0 Å². The third-order valence-electron chi connectivity index (χ3n) is 1.72. The number of rotatable bonds is 4. The summed E-state index contributed by atoms with van der Waals surface area (Å²) in [6.07, 6.45) is 0. The average molecular weight is 264 g/mol. The molecule has 0 bridgehead atoms. The van der Waals surface area contributed by atoms with E-state index in [9.17, 15) is 9.59 Å². The molecule has 16 heavy (non-hydrogen) atoms. The summed E-state index contributed by atoms with van der Waals surface area (Å²) >= 11 is 11.3. The molecule has 0 saturated heterocycles. The molecular weight excluding hydrogens is 257 g/mol. The Balaban J connectivity index is 3.09. The molecule has 0 radical (unpaired) electrons. The second-order valence-corrected chi connectivity index (χ2v) is 3.68. The van der Waals surface area contributed by atoms with Crippen LogP contribution in [0.2, 0.25) is 10.0 Å². The Morgan fingerprint density at radius 2 is 1.75 bits per heavy atom. The first-order chi connectivity index (χ1) is 7.41. The van der Waals surface area contributed by atoms with Gasteiger partial charge < -0.3 is 15.5 Å². The fourth-order valence-corrected chi connectivity index (χ4v) is 1.37. The van der Waals surface area contributed by atoms with E-state index in [-0.39, 0.29) is 21.3 Å². The van der Waals surface area contributed by atoms with Crippen LogP contribution in [-0.2, 0) is 4.79 Å². The molecule has 0 atom stereocenters. The van der Waals surface area contributed by atoms with Crippen molar-refractivity contribution in [2.75, 3.05) is 11.9 Å². The fourth-order valence-electron chi connectivity index (χ4n) is 1.04. The number of aromatic carboxylic acids is 1. The van der Waals surface area contributed by atoms with Crippen molar-refractivity contribution in [3.8, 4) is 0 Å². The van der Waals surface area contributed by atoms with Crippen LogP contribution in [0.1, 0.15) is 10.4 Å². The van der Waals surface area contributed by atoms with Crippen molar-refractivity contribution >= 4 is 40.8 Å². The molecule has 0 aliphatic rings. The van der Waals surface area contributed by atoms with Gasteiger partial charge in [-0.05, 0) is 12.1 Å². The minimum absolute atomic E-state index is 0.0972. The summed E-state index contributed by atoms with van der Waals surface area (Å²) in [5.41, 5.74) is -0.0139. The average Bonchev–Trinajstić information content (AvgIpc) is 2.18. The minimum atomic E-state index is -1.22. The molecule has 1 rings (SSSR count). The van der Waals surface area contributed by atoms with Gasteiger partial charge in [0.05, 0.1) is 21.3 Å². The molecule has 1 aromatic rings. The SMILES string of the molecule is O=C(O)CNc1cc(Cl)c(Cl)cc1C(=O)O. The topological polar surface area (TPSA) is 86.6 Å². The molecular formula is C9H7Cl2NO4. The largest absolute Gasteiger partial charge is 0.480 e. The number of halogens is 2. The molecule has 1 aromatic carbocycles. The molecule has 0 saturated carbocycles. The summed E-state index contributed by atoms with van der Waals surface area (Å²) in [7, 11) is 0. The van der Waals surface area contributed by atoms with Crippen LogP contribution in [0.25, 0.3) is 0 Å². The maximum absolute atomic E-state index is 10.8. The van der Waals surface area contributed by atoms with Gasteiger partial charge in [0.2, 0.25) is 0 Å². The Morgan fingerprint density at radius 1 is 1.19 bits per heavy atom. The third-order valence-corrected chi connectivity index (χ3v) is 2.44. The van der Waals surface area contributed by atoms with E-state index in [4.69, 9.17) is 33.4 Å². The number of carboxylic acids is 2. The van der Waals surface area contributed by atoms with Crippen LogP contribution in [-0.4, -0.2) is 28.7 Å². The summed E-state index contributed by atoms with van der Waals surface area (Å²) in [5, 5.41) is 20.0. The molecule has 3 N–H and O–H groups in total. The van der Waals surface area contributed by atoms with E-state index in [0.29, 0.717) is 0 Å². The highest BCUT2D eigenvalue weighted by molar-refractivity contribution is 6.42. The zero-order chi connectivity index (χ0) is 12.3. The number of hydrogen-bond acceptors (Lipinski definition) is 3. The van der Waals surface area contributed by atoms with Gasteiger partial charge in [-0.15, -0.1) is 0 Å².